The van der Waals surface area contributed by atoms with E-state index in [9.17, 15) is 4.79 Å². The Labute approximate surface area is 82.6 Å². The first-order valence-electron chi connectivity index (χ1n) is 4.46. The summed E-state index contributed by atoms with van der Waals surface area (Å²) < 4.78 is 0. The fourth-order valence-electron chi connectivity index (χ4n) is 1.18. The smallest absolute Gasteiger partial charge is 0.185 e. The maximum Gasteiger partial charge on any atom is 0.185 e. The lowest BCUT2D eigenvalue weighted by atomic mass is 9.96. The summed E-state index contributed by atoms with van der Waals surface area (Å²) in [5.41, 5.74) is 0.391. The van der Waals surface area contributed by atoms with Crippen LogP contribution in [0.3, 0.4) is 0 Å². The first kappa shape index (κ1) is 10.3. The minimum absolute atomic E-state index is 0.0727. The van der Waals surface area contributed by atoms with Gasteiger partial charge < -0.3 is 0 Å². The number of carbonyl (C=O) groups is 1. The van der Waals surface area contributed by atoms with Gasteiger partial charge in [-0.05, 0) is 12.5 Å². The number of hydrogen-bond acceptors (Lipinski definition) is 4. The third kappa shape index (κ3) is 2.36. The normalized spacial score (nSPS) is 11.7. The van der Waals surface area contributed by atoms with Gasteiger partial charge in [0.1, 0.15) is 12.0 Å². The van der Waals surface area contributed by atoms with E-state index in [0.717, 1.165) is 0 Å². The fourth-order valence-corrected chi connectivity index (χ4v) is 1.18. The molecule has 1 aromatic heterocycles. The molecule has 72 valence electrons. The number of rotatable bonds is 4. The molecule has 14 heavy (non-hydrogen) atoms. The quantitative estimate of drug-likeness (QED) is 0.674. The van der Waals surface area contributed by atoms with Crippen molar-refractivity contribution >= 4 is 5.78 Å². The Hall–Kier alpha value is -1.76. The molecule has 1 atom stereocenters. The molecule has 0 aliphatic heterocycles. The van der Waals surface area contributed by atoms with Crippen LogP contribution in [0.1, 0.15) is 30.3 Å². The van der Waals surface area contributed by atoms with E-state index in [1.807, 2.05) is 13.0 Å². The van der Waals surface area contributed by atoms with Crippen LogP contribution in [-0.2, 0) is 0 Å². The summed E-state index contributed by atoms with van der Waals surface area (Å²) in [6, 6.07) is 3.58. The van der Waals surface area contributed by atoms with Gasteiger partial charge in [-0.3, -0.25) is 4.79 Å². The van der Waals surface area contributed by atoms with Crippen LogP contribution in [0.4, 0.5) is 0 Å². The molecule has 0 amide bonds. The largest absolute Gasteiger partial charge is 0.292 e. The molecule has 0 aliphatic rings. The maximum absolute atomic E-state index is 11.7. The van der Waals surface area contributed by atoms with Gasteiger partial charge in [0.2, 0.25) is 0 Å². The Balaban J connectivity index is 2.79. The van der Waals surface area contributed by atoms with Crippen LogP contribution in [0.2, 0.25) is 0 Å². The molecule has 4 heteroatoms. The molecule has 1 rings (SSSR count). The van der Waals surface area contributed by atoms with Gasteiger partial charge >= 0.3 is 0 Å². The minimum atomic E-state index is -0.241. The van der Waals surface area contributed by atoms with Crippen molar-refractivity contribution in [2.75, 3.05) is 0 Å². The van der Waals surface area contributed by atoms with E-state index in [0.29, 0.717) is 12.1 Å². The zero-order valence-electron chi connectivity index (χ0n) is 7.97. The Morgan fingerprint density at radius 2 is 2.50 bits per heavy atom. The lowest BCUT2D eigenvalue weighted by Crippen LogP contribution is -2.14. The standard InChI is InChI=1S/C10H11N3O/c1-2-8(3-5-11)10(14)9-4-6-12-7-13-9/h4,6-8H,2-3H2,1H3. The number of hydrogen-bond donors (Lipinski definition) is 0. The summed E-state index contributed by atoms with van der Waals surface area (Å²) in [5, 5.41) is 8.53. The van der Waals surface area contributed by atoms with Crippen LogP contribution >= 0.6 is 0 Å². The molecule has 0 spiro atoms. The van der Waals surface area contributed by atoms with Gasteiger partial charge in [0.05, 0.1) is 6.07 Å². The van der Waals surface area contributed by atoms with Crippen LogP contribution < -0.4 is 0 Å². The van der Waals surface area contributed by atoms with Crippen LogP contribution in [0, 0.1) is 17.2 Å². The number of nitrogens with zero attached hydrogens (tertiary/aromatic N) is 3. The lowest BCUT2D eigenvalue weighted by Gasteiger charge is -2.07. The second-order valence-corrected chi connectivity index (χ2v) is 2.93. The number of carbonyl (C=O) groups excluding carboxylic acids is 1. The number of Topliss-reactive ketones (excluding diaryl/α,β-unsaturated/α-hetero) is 1. The summed E-state index contributed by atoms with van der Waals surface area (Å²) in [5.74, 6) is -0.314. The molecule has 1 heterocycles. The zero-order chi connectivity index (χ0) is 10.4. The molecule has 0 fully saturated rings. The van der Waals surface area contributed by atoms with Crippen LogP contribution in [0.15, 0.2) is 18.6 Å². The van der Waals surface area contributed by atoms with Gasteiger partial charge in [-0.2, -0.15) is 5.26 Å². The topological polar surface area (TPSA) is 66.6 Å². The molecule has 1 aromatic rings. The van der Waals surface area contributed by atoms with Crippen molar-refractivity contribution in [3.63, 3.8) is 0 Å². The van der Waals surface area contributed by atoms with Crippen molar-refractivity contribution < 1.29 is 4.79 Å². The maximum atomic E-state index is 11.7. The van der Waals surface area contributed by atoms with Gasteiger partial charge in [-0.1, -0.05) is 6.92 Å². The molecule has 0 aliphatic carbocycles. The van der Waals surface area contributed by atoms with E-state index in [4.69, 9.17) is 5.26 Å². The number of ketones is 1. The monoisotopic (exact) mass is 189 g/mol. The average molecular weight is 189 g/mol. The first-order chi connectivity index (χ1) is 6.79. The molecule has 0 bridgehead atoms. The number of nitriles is 1. The fraction of sp³-hybridized carbons (Fsp3) is 0.400. The molecular formula is C10H11N3O. The number of aromatic nitrogens is 2. The Morgan fingerprint density at radius 1 is 1.71 bits per heavy atom. The average Bonchev–Trinajstić information content (AvgIpc) is 2.26. The van der Waals surface area contributed by atoms with E-state index < -0.39 is 0 Å². The summed E-state index contributed by atoms with van der Waals surface area (Å²) in [6.07, 6.45) is 3.78. The van der Waals surface area contributed by atoms with Crippen molar-refractivity contribution in [1.29, 1.82) is 5.26 Å². The highest BCUT2D eigenvalue weighted by Crippen LogP contribution is 2.13. The molecular weight excluding hydrogens is 178 g/mol. The molecule has 0 aromatic carbocycles. The predicted octanol–water partition coefficient (Wildman–Crippen LogP) is 1.60. The SMILES string of the molecule is CCC(CC#N)C(=O)c1ccncn1. The molecule has 0 radical (unpaired) electrons. The highest BCUT2D eigenvalue weighted by Gasteiger charge is 2.18. The molecule has 0 saturated carbocycles. The molecule has 0 N–H and O–H groups in total. The van der Waals surface area contributed by atoms with E-state index >= 15 is 0 Å². The van der Waals surface area contributed by atoms with Gasteiger partial charge in [0.15, 0.2) is 5.78 Å². The van der Waals surface area contributed by atoms with Gasteiger partial charge in [0.25, 0.3) is 0 Å². The van der Waals surface area contributed by atoms with Crippen molar-refractivity contribution in [2.45, 2.75) is 19.8 Å². The summed E-state index contributed by atoms with van der Waals surface area (Å²) in [6.45, 7) is 1.89. The lowest BCUT2D eigenvalue weighted by molar-refractivity contribution is 0.0913. The Kier molecular flexibility index (Phi) is 3.74. The first-order valence-corrected chi connectivity index (χ1v) is 4.46. The Morgan fingerprint density at radius 3 is 3.00 bits per heavy atom. The second kappa shape index (κ2) is 5.07. The predicted molar refractivity (Wildman–Crippen MR) is 50.4 cm³/mol. The van der Waals surface area contributed by atoms with Crippen molar-refractivity contribution in [3.8, 4) is 6.07 Å². The summed E-state index contributed by atoms with van der Waals surface area (Å²) in [7, 11) is 0. The van der Waals surface area contributed by atoms with E-state index in [-0.39, 0.29) is 18.1 Å². The van der Waals surface area contributed by atoms with E-state index in [1.165, 1.54) is 12.5 Å². The van der Waals surface area contributed by atoms with Crippen LogP contribution in [0.25, 0.3) is 0 Å². The van der Waals surface area contributed by atoms with Gasteiger partial charge in [0, 0.05) is 18.5 Å². The van der Waals surface area contributed by atoms with Crippen molar-refractivity contribution in [3.05, 3.63) is 24.3 Å². The minimum Gasteiger partial charge on any atom is -0.292 e. The van der Waals surface area contributed by atoms with E-state index in [1.54, 1.807) is 6.07 Å². The highest BCUT2D eigenvalue weighted by atomic mass is 16.1. The van der Waals surface area contributed by atoms with Crippen molar-refractivity contribution in [1.82, 2.24) is 9.97 Å². The van der Waals surface area contributed by atoms with Gasteiger partial charge in [-0.25, -0.2) is 9.97 Å². The van der Waals surface area contributed by atoms with Crippen LogP contribution in [-0.4, -0.2) is 15.8 Å². The molecule has 0 saturated heterocycles. The zero-order valence-corrected chi connectivity index (χ0v) is 7.97. The van der Waals surface area contributed by atoms with Crippen LogP contribution in [0.5, 0.6) is 0 Å². The van der Waals surface area contributed by atoms with Crippen molar-refractivity contribution in [2.24, 2.45) is 5.92 Å². The summed E-state index contributed by atoms with van der Waals surface area (Å²) in [4.78, 5) is 19.3. The second-order valence-electron chi connectivity index (χ2n) is 2.93. The Bertz CT molecular complexity index is 342. The molecule has 4 nitrogen and oxygen atoms in total. The van der Waals surface area contributed by atoms with E-state index in [2.05, 4.69) is 9.97 Å². The molecule has 1 unspecified atom stereocenters. The summed E-state index contributed by atoms with van der Waals surface area (Å²) >= 11 is 0. The highest BCUT2D eigenvalue weighted by molar-refractivity contribution is 5.96. The third-order valence-corrected chi connectivity index (χ3v) is 2.04. The third-order valence-electron chi connectivity index (χ3n) is 2.04. The van der Waals surface area contributed by atoms with Gasteiger partial charge in [-0.15, -0.1) is 0 Å².